The lowest BCUT2D eigenvalue weighted by Gasteiger charge is -2.20. The monoisotopic (exact) mass is 415 g/mol. The van der Waals surface area contributed by atoms with Crippen LogP contribution in [0.25, 0.3) is 5.70 Å². The Hall–Kier alpha value is -3.20. The third-order valence-electron chi connectivity index (χ3n) is 5.78. The van der Waals surface area contributed by atoms with Crippen molar-refractivity contribution in [1.29, 1.82) is 0 Å². The first-order valence-corrected chi connectivity index (χ1v) is 10.8. The van der Waals surface area contributed by atoms with Gasteiger partial charge in [0.05, 0.1) is 0 Å². The lowest BCUT2D eigenvalue weighted by molar-refractivity contribution is 0.396. The van der Waals surface area contributed by atoms with Crippen LogP contribution in [0, 0.1) is 6.92 Å². The van der Waals surface area contributed by atoms with Gasteiger partial charge in [0.15, 0.2) is 11.5 Å². The summed E-state index contributed by atoms with van der Waals surface area (Å²) in [5.41, 5.74) is 6.70. The second-order valence-electron chi connectivity index (χ2n) is 9.17. The van der Waals surface area contributed by atoms with Gasteiger partial charge in [-0.3, -0.25) is 0 Å². The predicted molar refractivity (Wildman–Crippen MR) is 129 cm³/mol. The molecule has 0 bridgehead atoms. The molecule has 0 fully saturated rings. The highest BCUT2D eigenvalue weighted by Gasteiger charge is 2.16. The van der Waals surface area contributed by atoms with Gasteiger partial charge in [0.2, 0.25) is 0 Å². The summed E-state index contributed by atoms with van der Waals surface area (Å²) in [5, 5.41) is 24.3. The Bertz CT molecular complexity index is 1050. The molecule has 31 heavy (non-hydrogen) atoms. The molecule has 0 unspecified atom stereocenters. The maximum atomic E-state index is 10.5. The molecule has 3 heteroatoms. The molecule has 0 saturated heterocycles. The predicted octanol–water partition coefficient (Wildman–Crippen LogP) is 6.25. The van der Waals surface area contributed by atoms with Crippen molar-refractivity contribution in [3.05, 3.63) is 101 Å². The number of hydrogen-bond acceptors (Lipinski definition) is 3. The van der Waals surface area contributed by atoms with E-state index in [4.69, 9.17) is 0 Å². The van der Waals surface area contributed by atoms with Crippen LogP contribution in [0.15, 0.2) is 67.2 Å². The molecule has 3 nitrogen and oxygen atoms in total. The number of phenolic OH excluding ortho intramolecular Hbond substituents is 2. The van der Waals surface area contributed by atoms with Crippen LogP contribution in [0.3, 0.4) is 0 Å². The Morgan fingerprint density at radius 2 is 1.52 bits per heavy atom. The first-order chi connectivity index (χ1) is 14.7. The molecule has 0 aliphatic rings. The molecule has 3 aromatic rings. The van der Waals surface area contributed by atoms with E-state index in [1.165, 1.54) is 16.7 Å². The van der Waals surface area contributed by atoms with Crippen molar-refractivity contribution < 1.29 is 10.2 Å². The number of aromatic hydroxyl groups is 2. The average Bonchev–Trinajstić information content (AvgIpc) is 2.76. The van der Waals surface area contributed by atoms with Crippen molar-refractivity contribution in [2.24, 2.45) is 0 Å². The Kier molecular flexibility index (Phi) is 6.74. The number of rotatable bonds is 7. The Morgan fingerprint density at radius 1 is 0.871 bits per heavy atom. The highest BCUT2D eigenvalue weighted by atomic mass is 16.3. The summed E-state index contributed by atoms with van der Waals surface area (Å²) in [4.78, 5) is 0. The Morgan fingerprint density at radius 3 is 2.13 bits per heavy atom. The third kappa shape index (κ3) is 5.49. The quantitative estimate of drug-likeness (QED) is 0.400. The summed E-state index contributed by atoms with van der Waals surface area (Å²) in [6.45, 7) is 13.2. The third-order valence-corrected chi connectivity index (χ3v) is 5.78. The summed E-state index contributed by atoms with van der Waals surface area (Å²) in [7, 11) is 0. The van der Waals surface area contributed by atoms with E-state index < -0.39 is 0 Å². The van der Waals surface area contributed by atoms with E-state index >= 15 is 0 Å². The molecule has 162 valence electrons. The molecule has 0 saturated carbocycles. The van der Waals surface area contributed by atoms with Gasteiger partial charge in [-0.1, -0.05) is 81.9 Å². The minimum absolute atomic E-state index is 0.0391. The first-order valence-electron chi connectivity index (χ1n) is 10.8. The van der Waals surface area contributed by atoms with Crippen LogP contribution in [0.4, 0.5) is 0 Å². The summed E-state index contributed by atoms with van der Waals surface area (Å²) in [5.74, 6) is -0.110. The SMILES string of the molecule is C=C(NCc1ccc(C(C)(C)C)cc1)c1cc(CCc2ccccc2)c(O)c(O)c1C. The highest BCUT2D eigenvalue weighted by Crippen LogP contribution is 2.37. The summed E-state index contributed by atoms with van der Waals surface area (Å²) in [6, 6.07) is 20.7. The molecule has 0 amide bonds. The minimum Gasteiger partial charge on any atom is -0.504 e. The zero-order valence-electron chi connectivity index (χ0n) is 19.0. The fraction of sp³-hybridized carbons (Fsp3) is 0.286. The summed E-state index contributed by atoms with van der Waals surface area (Å²) < 4.78 is 0. The molecule has 0 radical (unpaired) electrons. The van der Waals surface area contributed by atoms with Crippen LogP contribution in [0.2, 0.25) is 0 Å². The van der Waals surface area contributed by atoms with E-state index in [-0.39, 0.29) is 16.9 Å². The smallest absolute Gasteiger partial charge is 0.161 e. The molecule has 0 aromatic heterocycles. The van der Waals surface area contributed by atoms with E-state index in [0.29, 0.717) is 18.5 Å². The molecule has 0 aliphatic carbocycles. The molecule has 0 atom stereocenters. The standard InChI is InChI=1S/C28H33NO2/c1-19-25(20(2)29-18-22-12-15-24(16-13-22)28(3,4)5)17-23(27(31)26(19)30)14-11-21-9-7-6-8-10-21/h6-10,12-13,15-17,29-31H,2,11,14,18H2,1,3-5H3. The van der Waals surface area contributed by atoms with Crippen molar-refractivity contribution >= 4 is 5.70 Å². The van der Waals surface area contributed by atoms with Crippen LogP contribution in [-0.2, 0) is 24.8 Å². The van der Waals surface area contributed by atoms with Gasteiger partial charge in [0.1, 0.15) is 0 Å². The maximum absolute atomic E-state index is 10.5. The van der Waals surface area contributed by atoms with Gasteiger partial charge in [-0.2, -0.15) is 0 Å². The summed E-state index contributed by atoms with van der Waals surface area (Å²) >= 11 is 0. The molecule has 0 heterocycles. The molecular formula is C28H33NO2. The molecule has 0 aliphatic heterocycles. The minimum atomic E-state index is -0.0713. The van der Waals surface area contributed by atoms with E-state index in [0.717, 1.165) is 23.2 Å². The number of phenols is 2. The van der Waals surface area contributed by atoms with Crippen LogP contribution >= 0.6 is 0 Å². The van der Waals surface area contributed by atoms with E-state index in [1.54, 1.807) is 6.92 Å². The Balaban J connectivity index is 1.73. The van der Waals surface area contributed by atoms with E-state index in [2.05, 4.69) is 69.1 Å². The van der Waals surface area contributed by atoms with Crippen molar-refractivity contribution in [3.63, 3.8) is 0 Å². The van der Waals surface area contributed by atoms with Crippen LogP contribution in [-0.4, -0.2) is 10.2 Å². The average molecular weight is 416 g/mol. The molecular weight excluding hydrogens is 382 g/mol. The first kappa shape index (κ1) is 22.5. The van der Waals surface area contributed by atoms with Gasteiger partial charge in [-0.05, 0) is 53.5 Å². The van der Waals surface area contributed by atoms with Crippen LogP contribution < -0.4 is 5.32 Å². The van der Waals surface area contributed by atoms with Gasteiger partial charge >= 0.3 is 0 Å². The van der Waals surface area contributed by atoms with E-state index in [9.17, 15) is 10.2 Å². The zero-order chi connectivity index (χ0) is 22.6. The maximum Gasteiger partial charge on any atom is 0.161 e. The number of benzene rings is 3. The normalized spacial score (nSPS) is 11.4. The molecule has 3 aromatic carbocycles. The number of nitrogens with one attached hydrogen (secondary N) is 1. The Labute approximate surface area is 186 Å². The van der Waals surface area contributed by atoms with Crippen molar-refractivity contribution in [2.45, 2.75) is 52.5 Å². The highest BCUT2D eigenvalue weighted by molar-refractivity contribution is 5.70. The lowest BCUT2D eigenvalue weighted by atomic mass is 9.87. The van der Waals surface area contributed by atoms with Gasteiger partial charge in [0, 0.05) is 23.4 Å². The summed E-state index contributed by atoms with van der Waals surface area (Å²) in [6.07, 6.45) is 1.43. The largest absolute Gasteiger partial charge is 0.504 e. The van der Waals surface area contributed by atoms with Crippen molar-refractivity contribution in [3.8, 4) is 11.5 Å². The molecule has 3 N–H and O–H groups in total. The molecule has 3 rings (SSSR count). The van der Waals surface area contributed by atoms with Crippen molar-refractivity contribution in [2.75, 3.05) is 0 Å². The fourth-order valence-electron chi connectivity index (χ4n) is 3.66. The second kappa shape index (κ2) is 9.30. The second-order valence-corrected chi connectivity index (χ2v) is 9.17. The van der Waals surface area contributed by atoms with Crippen LogP contribution in [0.1, 0.15) is 54.2 Å². The van der Waals surface area contributed by atoms with Crippen LogP contribution in [0.5, 0.6) is 11.5 Å². The topological polar surface area (TPSA) is 52.5 Å². The van der Waals surface area contributed by atoms with Gasteiger partial charge in [-0.15, -0.1) is 0 Å². The number of hydrogen-bond donors (Lipinski definition) is 3. The van der Waals surface area contributed by atoms with Gasteiger partial charge in [-0.25, -0.2) is 0 Å². The molecule has 0 spiro atoms. The van der Waals surface area contributed by atoms with E-state index in [1.807, 2.05) is 24.3 Å². The zero-order valence-corrected chi connectivity index (χ0v) is 19.0. The lowest BCUT2D eigenvalue weighted by Crippen LogP contribution is -2.14. The number of aryl methyl sites for hydroxylation is 2. The van der Waals surface area contributed by atoms with Crippen molar-refractivity contribution in [1.82, 2.24) is 5.32 Å². The fourth-order valence-corrected chi connectivity index (χ4v) is 3.66. The van der Waals surface area contributed by atoms with Gasteiger partial charge < -0.3 is 15.5 Å². The van der Waals surface area contributed by atoms with Gasteiger partial charge in [0.25, 0.3) is 0 Å².